The van der Waals surface area contributed by atoms with Crippen molar-refractivity contribution in [2.75, 3.05) is 12.3 Å². The first-order chi connectivity index (χ1) is 14.5. The van der Waals surface area contributed by atoms with E-state index in [0.29, 0.717) is 25.8 Å². The fraction of sp³-hybridized carbons (Fsp3) is 0.800. The molecule has 0 saturated carbocycles. The average molecular weight is 462 g/mol. The summed E-state index contributed by atoms with van der Waals surface area (Å²) in [5, 5.41) is 17.1. The number of carboxylic acid groups (broad SMARTS) is 1. The van der Waals surface area contributed by atoms with Gasteiger partial charge in [-0.1, -0.05) is 34.1 Å². The predicted octanol–water partition coefficient (Wildman–Crippen LogP) is -0.386. The lowest BCUT2D eigenvalue weighted by atomic mass is 9.97. The molecule has 5 atom stereocenters. The SMILES string of the molecule is CCC(C)C(NC(=O)C(CS)NC(=O)C(N)C(C)C)C(=O)NC(CCCCN)C(=O)O. The summed E-state index contributed by atoms with van der Waals surface area (Å²) < 4.78 is 0. The maximum absolute atomic E-state index is 12.8. The fourth-order valence-corrected chi connectivity index (χ4v) is 2.99. The Morgan fingerprint density at radius 1 is 0.935 bits per heavy atom. The van der Waals surface area contributed by atoms with Crippen LogP contribution in [0.3, 0.4) is 0 Å². The van der Waals surface area contributed by atoms with Crippen molar-refractivity contribution in [2.45, 2.75) is 77.5 Å². The zero-order valence-electron chi connectivity index (χ0n) is 18.9. The Morgan fingerprint density at radius 3 is 1.97 bits per heavy atom. The van der Waals surface area contributed by atoms with Crippen LogP contribution in [-0.4, -0.2) is 65.3 Å². The number of unbranched alkanes of at least 4 members (excludes halogenated alkanes) is 1. The summed E-state index contributed by atoms with van der Waals surface area (Å²) >= 11 is 4.12. The van der Waals surface area contributed by atoms with Gasteiger partial charge in [0.25, 0.3) is 0 Å². The van der Waals surface area contributed by atoms with E-state index in [1.807, 2.05) is 6.92 Å². The lowest BCUT2D eigenvalue weighted by Gasteiger charge is -2.28. The Morgan fingerprint density at radius 2 is 1.52 bits per heavy atom. The minimum Gasteiger partial charge on any atom is -0.480 e. The van der Waals surface area contributed by atoms with Crippen molar-refractivity contribution in [3.8, 4) is 0 Å². The van der Waals surface area contributed by atoms with Crippen molar-refractivity contribution in [3.63, 3.8) is 0 Å². The molecular formula is C20H39N5O5S. The van der Waals surface area contributed by atoms with Crippen LogP contribution in [0.1, 0.15) is 53.4 Å². The second kappa shape index (κ2) is 15.0. The Hall–Kier alpha value is -1.85. The topological polar surface area (TPSA) is 177 Å². The maximum Gasteiger partial charge on any atom is 0.326 e. The van der Waals surface area contributed by atoms with E-state index in [0.717, 1.165) is 0 Å². The summed E-state index contributed by atoms with van der Waals surface area (Å²) in [5.74, 6) is -3.19. The highest BCUT2D eigenvalue weighted by atomic mass is 32.1. The third kappa shape index (κ3) is 10.3. The van der Waals surface area contributed by atoms with Crippen LogP contribution in [-0.2, 0) is 19.2 Å². The van der Waals surface area contributed by atoms with Crippen LogP contribution in [0, 0.1) is 11.8 Å². The molecule has 10 nitrogen and oxygen atoms in total. The number of thiol groups is 1. The molecule has 0 radical (unpaired) electrons. The Balaban J connectivity index is 5.28. The monoisotopic (exact) mass is 461 g/mol. The third-order valence-corrected chi connectivity index (χ3v) is 5.56. The highest BCUT2D eigenvalue weighted by Gasteiger charge is 2.32. The summed E-state index contributed by atoms with van der Waals surface area (Å²) in [6.45, 7) is 7.64. The molecule has 0 saturated heterocycles. The predicted molar refractivity (Wildman–Crippen MR) is 122 cm³/mol. The van der Waals surface area contributed by atoms with Gasteiger partial charge in [0.15, 0.2) is 0 Å². The van der Waals surface area contributed by atoms with Gasteiger partial charge in [-0.25, -0.2) is 4.79 Å². The average Bonchev–Trinajstić information content (AvgIpc) is 2.73. The molecule has 31 heavy (non-hydrogen) atoms. The van der Waals surface area contributed by atoms with E-state index >= 15 is 0 Å². The zero-order valence-corrected chi connectivity index (χ0v) is 19.8. The second-order valence-corrected chi connectivity index (χ2v) is 8.43. The van der Waals surface area contributed by atoms with E-state index in [2.05, 4.69) is 28.6 Å². The Bertz CT molecular complexity index is 605. The van der Waals surface area contributed by atoms with Crippen molar-refractivity contribution in [3.05, 3.63) is 0 Å². The molecule has 0 aromatic heterocycles. The molecule has 0 heterocycles. The number of aliphatic carboxylic acids is 1. The maximum atomic E-state index is 12.8. The normalized spacial score (nSPS) is 16.0. The van der Waals surface area contributed by atoms with Crippen LogP contribution in [0.5, 0.6) is 0 Å². The van der Waals surface area contributed by atoms with Crippen LogP contribution in [0.15, 0.2) is 0 Å². The van der Waals surface area contributed by atoms with Crippen LogP contribution >= 0.6 is 12.6 Å². The van der Waals surface area contributed by atoms with Crippen molar-refractivity contribution in [2.24, 2.45) is 23.3 Å². The summed E-state index contributed by atoms with van der Waals surface area (Å²) in [7, 11) is 0. The molecule has 5 unspecified atom stereocenters. The molecule has 0 aromatic carbocycles. The van der Waals surface area contributed by atoms with E-state index < -0.39 is 47.9 Å². The molecule has 0 aliphatic heterocycles. The van der Waals surface area contributed by atoms with E-state index in [1.165, 1.54) is 0 Å². The zero-order chi connectivity index (χ0) is 24.1. The number of amides is 3. The van der Waals surface area contributed by atoms with Gasteiger partial charge in [0.2, 0.25) is 17.7 Å². The first-order valence-corrected chi connectivity index (χ1v) is 11.3. The molecule has 0 aliphatic carbocycles. The quantitative estimate of drug-likeness (QED) is 0.128. The number of carbonyl (C=O) groups excluding carboxylic acids is 3. The Labute approximate surface area is 190 Å². The highest BCUT2D eigenvalue weighted by molar-refractivity contribution is 7.80. The molecule has 11 heteroatoms. The largest absolute Gasteiger partial charge is 0.480 e. The fourth-order valence-electron chi connectivity index (χ4n) is 2.73. The number of nitrogens with one attached hydrogen (secondary N) is 3. The van der Waals surface area contributed by atoms with Gasteiger partial charge in [0.05, 0.1) is 6.04 Å². The van der Waals surface area contributed by atoms with Crippen LogP contribution in [0.2, 0.25) is 0 Å². The number of carboxylic acids is 1. The second-order valence-electron chi connectivity index (χ2n) is 8.07. The summed E-state index contributed by atoms with van der Waals surface area (Å²) in [4.78, 5) is 49.3. The highest BCUT2D eigenvalue weighted by Crippen LogP contribution is 2.10. The molecule has 8 N–H and O–H groups in total. The number of nitrogens with two attached hydrogens (primary N) is 2. The van der Waals surface area contributed by atoms with Gasteiger partial charge in [-0.3, -0.25) is 14.4 Å². The minimum absolute atomic E-state index is 0.00801. The van der Waals surface area contributed by atoms with Crippen molar-refractivity contribution < 1.29 is 24.3 Å². The smallest absolute Gasteiger partial charge is 0.326 e. The molecule has 0 rings (SSSR count). The summed E-state index contributed by atoms with van der Waals surface area (Å²) in [5.41, 5.74) is 11.3. The van der Waals surface area contributed by atoms with Crippen molar-refractivity contribution in [1.82, 2.24) is 16.0 Å². The van der Waals surface area contributed by atoms with Crippen LogP contribution in [0.4, 0.5) is 0 Å². The summed E-state index contributed by atoms with van der Waals surface area (Å²) in [6, 6.07) is -3.81. The molecule has 0 bridgehead atoms. The minimum atomic E-state index is -1.15. The molecule has 180 valence electrons. The van der Waals surface area contributed by atoms with Crippen molar-refractivity contribution in [1.29, 1.82) is 0 Å². The molecule has 0 aromatic rings. The van der Waals surface area contributed by atoms with E-state index in [4.69, 9.17) is 11.5 Å². The molecular weight excluding hydrogens is 422 g/mol. The first kappa shape index (κ1) is 29.1. The first-order valence-electron chi connectivity index (χ1n) is 10.7. The number of hydrogen-bond donors (Lipinski definition) is 7. The standard InChI is InChI=1S/C20H39N5O5S/c1-5-12(4)16(19(28)23-13(20(29)30)8-6-7-9-21)25-17(26)14(10-31)24-18(27)15(22)11(2)3/h11-16,31H,5-10,21-22H2,1-4H3,(H,23,28)(H,24,27)(H,25,26)(H,29,30). The van der Waals surface area contributed by atoms with Gasteiger partial charge in [-0.15, -0.1) is 0 Å². The van der Waals surface area contributed by atoms with Gasteiger partial charge in [0, 0.05) is 5.75 Å². The van der Waals surface area contributed by atoms with Crippen LogP contribution in [0.25, 0.3) is 0 Å². The lowest BCUT2D eigenvalue weighted by Crippen LogP contribution is -2.59. The van der Waals surface area contributed by atoms with Gasteiger partial charge in [-0.05, 0) is 37.6 Å². The van der Waals surface area contributed by atoms with Gasteiger partial charge >= 0.3 is 5.97 Å². The number of carbonyl (C=O) groups is 4. The molecule has 0 spiro atoms. The third-order valence-electron chi connectivity index (χ3n) is 5.19. The molecule has 0 aliphatic rings. The van der Waals surface area contributed by atoms with E-state index in [-0.39, 0.29) is 24.0 Å². The van der Waals surface area contributed by atoms with E-state index in [1.54, 1.807) is 20.8 Å². The van der Waals surface area contributed by atoms with Crippen LogP contribution < -0.4 is 27.4 Å². The van der Waals surface area contributed by atoms with Gasteiger partial charge in [0.1, 0.15) is 18.1 Å². The number of rotatable bonds is 15. The Kier molecular flexibility index (Phi) is 14.1. The van der Waals surface area contributed by atoms with Crippen molar-refractivity contribution >= 4 is 36.3 Å². The van der Waals surface area contributed by atoms with Gasteiger partial charge < -0.3 is 32.5 Å². The lowest BCUT2D eigenvalue weighted by molar-refractivity contribution is -0.143. The molecule has 0 fully saturated rings. The van der Waals surface area contributed by atoms with Gasteiger partial charge in [-0.2, -0.15) is 12.6 Å². The number of hydrogen-bond acceptors (Lipinski definition) is 7. The summed E-state index contributed by atoms with van der Waals surface area (Å²) in [6.07, 6.45) is 2.01. The van der Waals surface area contributed by atoms with E-state index in [9.17, 15) is 24.3 Å². The molecule has 3 amide bonds.